The van der Waals surface area contributed by atoms with Gasteiger partial charge in [-0.15, -0.1) is 11.3 Å². The molecule has 2 aromatic rings. The molecule has 1 amide bonds. The summed E-state index contributed by atoms with van der Waals surface area (Å²) in [6.45, 7) is 5.41. The molecule has 1 N–H and O–H groups in total. The molecule has 5 rings (SSSR count). The number of thioether (sulfide) groups is 1. The summed E-state index contributed by atoms with van der Waals surface area (Å²) in [6, 6.07) is 0.352. The summed E-state index contributed by atoms with van der Waals surface area (Å²) in [6.07, 6.45) is 7.82. The van der Waals surface area contributed by atoms with Crippen LogP contribution in [0.25, 0.3) is 10.2 Å². The van der Waals surface area contributed by atoms with E-state index in [-0.39, 0.29) is 17.6 Å². The quantitative estimate of drug-likeness (QED) is 0.453. The van der Waals surface area contributed by atoms with Crippen molar-refractivity contribution in [2.75, 3.05) is 12.4 Å². The number of rotatable bonds is 9. The predicted octanol–water partition coefficient (Wildman–Crippen LogP) is 3.90. The minimum Gasteiger partial charge on any atom is -0.376 e. The molecule has 2 saturated carbocycles. The highest BCUT2D eigenvalue weighted by Gasteiger charge is 2.42. The largest absolute Gasteiger partial charge is 0.376 e. The number of aromatic nitrogens is 2. The van der Waals surface area contributed by atoms with Crippen LogP contribution in [0.3, 0.4) is 0 Å². The molecule has 3 heterocycles. The van der Waals surface area contributed by atoms with Crippen molar-refractivity contribution < 1.29 is 9.53 Å². The van der Waals surface area contributed by atoms with E-state index < -0.39 is 0 Å². The zero-order valence-corrected chi connectivity index (χ0v) is 19.9. The molecule has 0 radical (unpaired) electrons. The van der Waals surface area contributed by atoms with Crippen LogP contribution < -0.4 is 10.9 Å². The molecule has 2 aliphatic carbocycles. The molecule has 2 aromatic heterocycles. The average Bonchev–Trinajstić information content (AvgIpc) is 3.68. The molecular weight excluding hydrogens is 430 g/mol. The number of ether oxygens (including phenoxy) is 1. The number of nitrogens with zero attached hydrogens (tertiary/aromatic N) is 2. The lowest BCUT2D eigenvalue weighted by Crippen LogP contribution is -2.39. The van der Waals surface area contributed by atoms with Gasteiger partial charge in [0.1, 0.15) is 4.83 Å². The summed E-state index contributed by atoms with van der Waals surface area (Å²) in [4.78, 5) is 33.0. The van der Waals surface area contributed by atoms with Crippen LogP contribution in [0.4, 0.5) is 0 Å². The predicted molar refractivity (Wildman–Crippen MR) is 125 cm³/mol. The molecule has 1 unspecified atom stereocenters. The standard InChI is InChI=1S/C23H31N3O3S2/c1-3-17-13(2)31-21-19(17)22(28)26(11-16-5-4-10-29-16)23(25-21)30-12-18(27)24-20(14-6-7-14)15-8-9-15/h14-16,20H,3-12H2,1-2H3,(H,24,27). The zero-order valence-electron chi connectivity index (χ0n) is 18.3. The molecular formula is C23H31N3O3S2. The van der Waals surface area contributed by atoms with Gasteiger partial charge >= 0.3 is 0 Å². The van der Waals surface area contributed by atoms with Gasteiger partial charge in [-0.25, -0.2) is 4.98 Å². The number of nitrogens with one attached hydrogen (secondary N) is 1. The Morgan fingerprint density at radius 1 is 1.29 bits per heavy atom. The Bertz CT molecular complexity index is 1020. The van der Waals surface area contributed by atoms with Crippen LogP contribution in [0.1, 0.15) is 55.9 Å². The van der Waals surface area contributed by atoms with Crippen molar-refractivity contribution in [3.63, 3.8) is 0 Å². The number of hydrogen-bond acceptors (Lipinski definition) is 6. The number of thiophene rings is 1. The van der Waals surface area contributed by atoms with Crippen LogP contribution in [0.5, 0.6) is 0 Å². The van der Waals surface area contributed by atoms with Gasteiger partial charge < -0.3 is 10.1 Å². The van der Waals surface area contributed by atoms with Crippen LogP contribution in [-0.4, -0.2) is 40.0 Å². The number of hydrogen-bond donors (Lipinski definition) is 1. The van der Waals surface area contributed by atoms with E-state index in [1.165, 1.54) is 37.4 Å². The summed E-state index contributed by atoms with van der Waals surface area (Å²) in [5.74, 6) is 1.71. The maximum Gasteiger partial charge on any atom is 0.263 e. The average molecular weight is 462 g/mol. The van der Waals surface area contributed by atoms with Crippen LogP contribution in [0.2, 0.25) is 0 Å². The van der Waals surface area contributed by atoms with Gasteiger partial charge in [-0.2, -0.15) is 0 Å². The first kappa shape index (κ1) is 21.5. The van der Waals surface area contributed by atoms with Crippen molar-refractivity contribution in [2.45, 2.75) is 82.6 Å². The van der Waals surface area contributed by atoms with E-state index in [0.29, 0.717) is 35.3 Å². The van der Waals surface area contributed by atoms with Crippen molar-refractivity contribution in [3.05, 3.63) is 20.8 Å². The number of aryl methyl sites for hydroxylation is 2. The molecule has 6 nitrogen and oxygen atoms in total. The zero-order chi connectivity index (χ0) is 21.5. The van der Waals surface area contributed by atoms with Gasteiger partial charge in [0.15, 0.2) is 5.16 Å². The van der Waals surface area contributed by atoms with Crippen molar-refractivity contribution >= 4 is 39.2 Å². The minimum absolute atomic E-state index is 0.0124. The maximum absolute atomic E-state index is 13.5. The monoisotopic (exact) mass is 461 g/mol. The van der Waals surface area contributed by atoms with Crippen molar-refractivity contribution in [1.82, 2.24) is 14.9 Å². The number of fused-ring (bicyclic) bond motifs is 1. The fraction of sp³-hybridized carbons (Fsp3) is 0.696. The fourth-order valence-corrected chi connectivity index (χ4v) is 6.78. The number of carbonyl (C=O) groups excluding carboxylic acids is 1. The second kappa shape index (κ2) is 8.87. The highest BCUT2D eigenvalue weighted by molar-refractivity contribution is 7.99. The molecule has 3 fully saturated rings. The van der Waals surface area contributed by atoms with Gasteiger partial charge in [-0.3, -0.25) is 14.2 Å². The van der Waals surface area contributed by atoms with Crippen LogP contribution in [0, 0.1) is 18.8 Å². The van der Waals surface area contributed by atoms with Crippen LogP contribution in [-0.2, 0) is 22.5 Å². The molecule has 1 atom stereocenters. The van der Waals surface area contributed by atoms with Gasteiger partial charge in [0.25, 0.3) is 5.56 Å². The lowest BCUT2D eigenvalue weighted by Gasteiger charge is -2.18. The Morgan fingerprint density at radius 2 is 2.03 bits per heavy atom. The topological polar surface area (TPSA) is 73.2 Å². The summed E-state index contributed by atoms with van der Waals surface area (Å²) in [7, 11) is 0. The second-order valence-electron chi connectivity index (χ2n) is 9.17. The van der Waals surface area contributed by atoms with Gasteiger partial charge in [0, 0.05) is 17.5 Å². The SMILES string of the molecule is CCc1c(C)sc2nc(SCC(=O)NC(C3CC3)C3CC3)n(CC3CCCO3)c(=O)c12. The highest BCUT2D eigenvalue weighted by atomic mass is 32.2. The van der Waals surface area contributed by atoms with Gasteiger partial charge in [-0.05, 0) is 69.3 Å². The summed E-state index contributed by atoms with van der Waals surface area (Å²) in [5, 5.41) is 4.67. The lowest BCUT2D eigenvalue weighted by atomic mass is 10.1. The second-order valence-corrected chi connectivity index (χ2v) is 11.3. The van der Waals surface area contributed by atoms with E-state index in [9.17, 15) is 9.59 Å². The maximum atomic E-state index is 13.5. The third-order valence-corrected chi connectivity index (χ3v) is 8.78. The van der Waals surface area contributed by atoms with E-state index >= 15 is 0 Å². The molecule has 1 saturated heterocycles. The first-order chi connectivity index (χ1) is 15.0. The minimum atomic E-state index is 0.0124. The number of amides is 1. The normalized spacial score (nSPS) is 21.3. The first-order valence-corrected chi connectivity index (χ1v) is 13.4. The van der Waals surface area contributed by atoms with E-state index in [2.05, 4.69) is 19.2 Å². The summed E-state index contributed by atoms with van der Waals surface area (Å²) >= 11 is 2.97. The Labute approximate surface area is 191 Å². The number of carbonyl (C=O) groups is 1. The Balaban J connectivity index is 1.39. The first-order valence-electron chi connectivity index (χ1n) is 11.6. The third-order valence-electron chi connectivity index (χ3n) is 6.76. The van der Waals surface area contributed by atoms with Crippen LogP contribution in [0.15, 0.2) is 9.95 Å². The van der Waals surface area contributed by atoms with E-state index in [1.54, 1.807) is 15.9 Å². The fourth-order valence-electron chi connectivity index (χ4n) is 4.81. The Morgan fingerprint density at radius 3 is 2.65 bits per heavy atom. The van der Waals surface area contributed by atoms with E-state index in [4.69, 9.17) is 9.72 Å². The molecule has 1 aliphatic heterocycles. The van der Waals surface area contributed by atoms with Gasteiger partial charge in [-0.1, -0.05) is 18.7 Å². The molecule has 0 aromatic carbocycles. The van der Waals surface area contributed by atoms with Crippen molar-refractivity contribution in [3.8, 4) is 0 Å². The van der Waals surface area contributed by atoms with Crippen molar-refractivity contribution in [1.29, 1.82) is 0 Å². The molecule has 168 valence electrons. The third kappa shape index (κ3) is 4.57. The highest BCUT2D eigenvalue weighted by Crippen LogP contribution is 2.44. The summed E-state index contributed by atoms with van der Waals surface area (Å²) < 4.78 is 7.58. The lowest BCUT2D eigenvalue weighted by molar-refractivity contribution is -0.119. The Hall–Kier alpha value is -1.38. The van der Waals surface area contributed by atoms with E-state index in [1.807, 2.05) is 0 Å². The summed E-state index contributed by atoms with van der Waals surface area (Å²) in [5.41, 5.74) is 1.11. The molecule has 31 heavy (non-hydrogen) atoms. The van der Waals surface area contributed by atoms with E-state index in [0.717, 1.165) is 46.5 Å². The molecule has 8 heteroatoms. The van der Waals surface area contributed by atoms with Crippen molar-refractivity contribution in [2.24, 2.45) is 11.8 Å². The molecule has 3 aliphatic rings. The van der Waals surface area contributed by atoms with Gasteiger partial charge in [0.2, 0.25) is 5.91 Å². The smallest absolute Gasteiger partial charge is 0.263 e. The van der Waals surface area contributed by atoms with Gasteiger partial charge in [0.05, 0.1) is 23.8 Å². The molecule has 0 spiro atoms. The van der Waals surface area contributed by atoms with Crippen LogP contribution >= 0.6 is 23.1 Å². The Kier molecular flexibility index (Phi) is 6.14. The molecule has 0 bridgehead atoms.